The molecule has 0 spiro atoms. The van der Waals surface area contributed by atoms with E-state index < -0.39 is 21.1 Å². The van der Waals surface area contributed by atoms with E-state index in [9.17, 15) is 8.42 Å². The van der Waals surface area contributed by atoms with Crippen LogP contribution in [-0.2, 0) is 14.6 Å². The zero-order valence-electron chi connectivity index (χ0n) is 12.0. The first-order chi connectivity index (χ1) is 9.41. The number of hydrazine groups is 1. The third-order valence-electron chi connectivity index (χ3n) is 3.12. The van der Waals surface area contributed by atoms with E-state index in [0.717, 1.165) is 0 Å². The smallest absolute Gasteiger partial charge is 0.151 e. The molecule has 0 saturated heterocycles. The molecule has 0 heterocycles. The number of sulfone groups is 1. The molecule has 0 bridgehead atoms. The number of benzene rings is 1. The van der Waals surface area contributed by atoms with Crippen LogP contribution in [0.15, 0.2) is 24.3 Å². The predicted octanol–water partition coefficient (Wildman–Crippen LogP) is 0.649. The molecule has 3 N–H and O–H groups in total. The minimum Gasteiger partial charge on any atom is -0.491 e. The fourth-order valence-corrected chi connectivity index (χ4v) is 2.55. The highest BCUT2D eigenvalue weighted by atomic mass is 32.2. The van der Waals surface area contributed by atoms with Crippen LogP contribution < -0.4 is 16.0 Å². The number of ether oxygens (including phenoxy) is 2. The van der Waals surface area contributed by atoms with Crippen molar-refractivity contribution in [1.29, 1.82) is 0 Å². The highest BCUT2D eigenvalue weighted by Gasteiger charge is 2.28. The molecule has 114 valence electrons. The maximum Gasteiger partial charge on any atom is 0.151 e. The minimum atomic E-state index is -3.23. The predicted molar refractivity (Wildman–Crippen MR) is 78.2 cm³/mol. The van der Waals surface area contributed by atoms with Gasteiger partial charge in [-0.15, -0.1) is 0 Å². The summed E-state index contributed by atoms with van der Waals surface area (Å²) < 4.78 is 34.0. The van der Waals surface area contributed by atoms with Gasteiger partial charge in [-0.3, -0.25) is 11.3 Å². The van der Waals surface area contributed by atoms with Gasteiger partial charge in [0.15, 0.2) is 9.84 Å². The largest absolute Gasteiger partial charge is 0.491 e. The van der Waals surface area contributed by atoms with Crippen LogP contribution in [0.3, 0.4) is 0 Å². The summed E-state index contributed by atoms with van der Waals surface area (Å²) in [6.07, 6.45) is 1.19. The lowest BCUT2D eigenvalue weighted by Gasteiger charge is -2.24. The Bertz CT molecular complexity index is 519. The molecule has 1 rings (SSSR count). The standard InChI is InChI=1S/C13H22N2O4S/c1-10(20(3,16)17)13(15-14)11-6-4-5-7-12(11)19-9-8-18-2/h4-7,10,13,15H,8-9,14H2,1-3H3. The van der Waals surface area contributed by atoms with Crippen molar-refractivity contribution in [2.45, 2.75) is 18.2 Å². The number of nitrogens with one attached hydrogen (secondary N) is 1. The third kappa shape index (κ3) is 4.45. The Morgan fingerprint density at radius 2 is 1.95 bits per heavy atom. The topological polar surface area (TPSA) is 90.7 Å². The monoisotopic (exact) mass is 302 g/mol. The van der Waals surface area contributed by atoms with Gasteiger partial charge in [-0.25, -0.2) is 8.42 Å². The first kappa shape index (κ1) is 16.9. The molecule has 0 saturated carbocycles. The average molecular weight is 302 g/mol. The molecular weight excluding hydrogens is 280 g/mol. The molecule has 0 aliphatic rings. The Balaban J connectivity index is 3.03. The summed E-state index contributed by atoms with van der Waals surface area (Å²) in [5.74, 6) is 6.13. The first-order valence-electron chi connectivity index (χ1n) is 6.27. The molecule has 6 nitrogen and oxygen atoms in total. The summed E-state index contributed by atoms with van der Waals surface area (Å²) in [6, 6.07) is 6.68. The van der Waals surface area contributed by atoms with E-state index in [-0.39, 0.29) is 0 Å². The first-order valence-corrected chi connectivity index (χ1v) is 8.23. The van der Waals surface area contributed by atoms with Crippen molar-refractivity contribution in [3.63, 3.8) is 0 Å². The van der Waals surface area contributed by atoms with Crippen molar-refractivity contribution in [2.75, 3.05) is 26.6 Å². The van der Waals surface area contributed by atoms with Crippen molar-refractivity contribution in [3.8, 4) is 5.75 Å². The molecule has 20 heavy (non-hydrogen) atoms. The molecule has 1 aromatic rings. The van der Waals surface area contributed by atoms with E-state index in [0.29, 0.717) is 24.5 Å². The van der Waals surface area contributed by atoms with Gasteiger partial charge in [-0.2, -0.15) is 0 Å². The second-order valence-electron chi connectivity index (χ2n) is 4.56. The van der Waals surface area contributed by atoms with Gasteiger partial charge in [-0.1, -0.05) is 18.2 Å². The molecule has 7 heteroatoms. The lowest BCUT2D eigenvalue weighted by molar-refractivity contribution is 0.145. The van der Waals surface area contributed by atoms with E-state index in [1.165, 1.54) is 6.26 Å². The zero-order valence-corrected chi connectivity index (χ0v) is 12.8. The Morgan fingerprint density at radius 3 is 2.50 bits per heavy atom. The molecule has 0 aromatic heterocycles. The molecule has 2 atom stereocenters. The highest BCUT2D eigenvalue weighted by Crippen LogP contribution is 2.29. The molecule has 2 unspecified atom stereocenters. The maximum absolute atomic E-state index is 11.7. The van der Waals surface area contributed by atoms with E-state index in [4.69, 9.17) is 15.3 Å². The summed E-state index contributed by atoms with van der Waals surface area (Å²) in [6.45, 7) is 2.46. The van der Waals surface area contributed by atoms with Gasteiger partial charge in [0, 0.05) is 18.9 Å². The second kappa shape index (κ2) is 7.58. The van der Waals surface area contributed by atoms with Crippen molar-refractivity contribution < 1.29 is 17.9 Å². The molecule has 0 radical (unpaired) electrons. The summed E-state index contributed by atoms with van der Waals surface area (Å²) in [7, 11) is -1.64. The summed E-state index contributed by atoms with van der Waals surface area (Å²) in [5, 5.41) is -0.667. The lowest BCUT2D eigenvalue weighted by atomic mass is 10.0. The Kier molecular flexibility index (Phi) is 6.41. The molecule has 0 aliphatic carbocycles. The van der Waals surface area contributed by atoms with Crippen LogP contribution in [0, 0.1) is 0 Å². The van der Waals surface area contributed by atoms with Crippen molar-refractivity contribution in [1.82, 2.24) is 5.43 Å². The van der Waals surface area contributed by atoms with Gasteiger partial charge in [0.05, 0.1) is 17.9 Å². The van der Waals surface area contributed by atoms with E-state index in [1.807, 2.05) is 12.1 Å². The quantitative estimate of drug-likeness (QED) is 0.416. The van der Waals surface area contributed by atoms with E-state index in [2.05, 4.69) is 5.43 Å². The van der Waals surface area contributed by atoms with Gasteiger partial charge in [-0.05, 0) is 13.0 Å². The van der Waals surface area contributed by atoms with Crippen molar-refractivity contribution in [2.24, 2.45) is 5.84 Å². The van der Waals surface area contributed by atoms with Crippen molar-refractivity contribution >= 4 is 9.84 Å². The highest BCUT2D eigenvalue weighted by molar-refractivity contribution is 7.91. The maximum atomic E-state index is 11.7. The number of nitrogens with two attached hydrogens (primary N) is 1. The number of hydrogen-bond acceptors (Lipinski definition) is 6. The van der Waals surface area contributed by atoms with Gasteiger partial charge < -0.3 is 9.47 Å². The second-order valence-corrected chi connectivity index (χ2v) is 6.96. The van der Waals surface area contributed by atoms with Crippen LogP contribution in [0.25, 0.3) is 0 Å². The molecule has 1 aromatic carbocycles. The SMILES string of the molecule is COCCOc1ccccc1C(NN)C(C)S(C)(=O)=O. The van der Waals surface area contributed by atoms with E-state index >= 15 is 0 Å². The van der Waals surface area contributed by atoms with Crippen molar-refractivity contribution in [3.05, 3.63) is 29.8 Å². The summed E-state index contributed by atoms with van der Waals surface area (Å²) in [5.41, 5.74) is 3.28. The fourth-order valence-electron chi connectivity index (χ4n) is 1.83. The van der Waals surface area contributed by atoms with Crippen LogP contribution >= 0.6 is 0 Å². The van der Waals surface area contributed by atoms with Gasteiger partial charge in [0.1, 0.15) is 12.4 Å². The van der Waals surface area contributed by atoms with E-state index in [1.54, 1.807) is 26.2 Å². The van der Waals surface area contributed by atoms with Crippen LogP contribution in [0.4, 0.5) is 0 Å². The van der Waals surface area contributed by atoms with Gasteiger partial charge >= 0.3 is 0 Å². The number of para-hydroxylation sites is 1. The minimum absolute atomic E-state index is 0.387. The number of methoxy groups -OCH3 is 1. The Morgan fingerprint density at radius 1 is 1.30 bits per heavy atom. The van der Waals surface area contributed by atoms with Crippen LogP contribution in [0.1, 0.15) is 18.5 Å². The van der Waals surface area contributed by atoms with Gasteiger partial charge in [0.25, 0.3) is 0 Å². The molecular formula is C13H22N2O4S. The summed E-state index contributed by atoms with van der Waals surface area (Å²) in [4.78, 5) is 0. The molecule has 0 fully saturated rings. The van der Waals surface area contributed by atoms with Crippen LogP contribution in [0.5, 0.6) is 5.75 Å². The third-order valence-corrected chi connectivity index (χ3v) is 4.75. The average Bonchev–Trinajstić information content (AvgIpc) is 2.40. The lowest BCUT2D eigenvalue weighted by Crippen LogP contribution is -2.39. The normalized spacial score (nSPS) is 14.8. The molecule has 0 aliphatic heterocycles. The van der Waals surface area contributed by atoms with Crippen LogP contribution in [-0.4, -0.2) is 40.2 Å². The van der Waals surface area contributed by atoms with Gasteiger partial charge in [0.2, 0.25) is 0 Å². The summed E-state index contributed by atoms with van der Waals surface area (Å²) >= 11 is 0. The molecule has 0 amide bonds. The number of hydrogen-bond donors (Lipinski definition) is 2. The fraction of sp³-hybridized carbons (Fsp3) is 0.538. The Labute approximate surface area is 120 Å². The zero-order chi connectivity index (χ0) is 15.2. The number of rotatable bonds is 8. The Hall–Kier alpha value is -1.15. The van der Waals surface area contributed by atoms with Crippen LogP contribution in [0.2, 0.25) is 0 Å².